The first-order valence-electron chi connectivity index (χ1n) is 9.61. The molecule has 4 rings (SSSR count). The van der Waals surface area contributed by atoms with Crippen molar-refractivity contribution in [3.63, 3.8) is 0 Å². The van der Waals surface area contributed by atoms with Crippen molar-refractivity contribution in [2.45, 2.75) is 19.3 Å². The number of nitrogens with one attached hydrogen (secondary N) is 2. The molecule has 2 heterocycles. The number of benzene rings is 2. The number of amides is 2. The van der Waals surface area contributed by atoms with Gasteiger partial charge in [-0.15, -0.1) is 0 Å². The number of rotatable bonds is 5. The van der Waals surface area contributed by atoms with Crippen LogP contribution in [0.3, 0.4) is 0 Å². The lowest BCUT2D eigenvalue weighted by molar-refractivity contribution is -0.124. The third-order valence-electron chi connectivity index (χ3n) is 5.06. The van der Waals surface area contributed by atoms with Crippen LogP contribution in [0.4, 0.5) is 0 Å². The number of imidazole rings is 1. The van der Waals surface area contributed by atoms with E-state index in [1.165, 1.54) is 6.08 Å². The second-order valence-electron chi connectivity index (χ2n) is 7.14. The summed E-state index contributed by atoms with van der Waals surface area (Å²) in [5.74, 6) is 0.340. The van der Waals surface area contributed by atoms with E-state index in [9.17, 15) is 9.59 Å². The van der Waals surface area contributed by atoms with Crippen LogP contribution in [0, 0.1) is 0 Å². The maximum absolute atomic E-state index is 12.6. The average Bonchev–Trinajstić information content (AvgIpc) is 3.41. The first kappa shape index (κ1) is 18.9. The molecule has 0 spiro atoms. The van der Waals surface area contributed by atoms with Crippen molar-refractivity contribution < 1.29 is 14.8 Å². The van der Waals surface area contributed by atoms with Crippen LogP contribution in [0.1, 0.15) is 40.2 Å². The number of carbonyl (C=O) groups is 2. The molecule has 0 atom stereocenters. The van der Waals surface area contributed by atoms with Gasteiger partial charge in [-0.3, -0.25) is 14.8 Å². The molecule has 3 N–H and O–H groups in total. The molecule has 7 nitrogen and oxygen atoms in total. The zero-order valence-electron chi connectivity index (χ0n) is 15.9. The first-order valence-corrected chi connectivity index (χ1v) is 9.61. The molecule has 1 fully saturated rings. The van der Waals surface area contributed by atoms with Crippen LogP contribution in [0.15, 0.2) is 48.5 Å². The van der Waals surface area contributed by atoms with Crippen LogP contribution in [0.25, 0.3) is 17.1 Å². The third-order valence-corrected chi connectivity index (χ3v) is 5.06. The number of aromatic amines is 1. The number of likely N-dealkylation sites (tertiary alicyclic amines) is 1. The van der Waals surface area contributed by atoms with Crippen LogP contribution in [-0.2, 0) is 11.2 Å². The standard InChI is InChI=1S/C22H22N4O3/c27-21(25-29)10-7-15-3-5-16(6-4-15)13-20-23-18-9-8-17(14-19(18)24-20)22(28)26-11-1-2-12-26/h3-10,14,29H,1-2,11-13H2,(H,23,24)(H,25,27)/b10-7+. The first-order chi connectivity index (χ1) is 14.1. The van der Waals surface area contributed by atoms with E-state index in [0.717, 1.165) is 53.9 Å². The highest BCUT2D eigenvalue weighted by molar-refractivity contribution is 5.97. The van der Waals surface area contributed by atoms with E-state index < -0.39 is 5.91 Å². The van der Waals surface area contributed by atoms with Gasteiger partial charge in [-0.25, -0.2) is 10.5 Å². The number of aromatic nitrogens is 2. The number of hydroxylamine groups is 1. The summed E-state index contributed by atoms with van der Waals surface area (Å²) in [6.07, 6.45) is 5.66. The molecular weight excluding hydrogens is 368 g/mol. The fraction of sp³-hybridized carbons (Fsp3) is 0.227. The van der Waals surface area contributed by atoms with Crippen molar-refractivity contribution in [2.24, 2.45) is 0 Å². The summed E-state index contributed by atoms with van der Waals surface area (Å²) in [4.78, 5) is 33.5. The molecule has 1 aromatic heterocycles. The molecule has 0 radical (unpaired) electrons. The van der Waals surface area contributed by atoms with Gasteiger partial charge in [0.15, 0.2) is 0 Å². The lowest BCUT2D eigenvalue weighted by Gasteiger charge is -2.14. The highest BCUT2D eigenvalue weighted by Gasteiger charge is 2.20. The monoisotopic (exact) mass is 390 g/mol. The molecule has 29 heavy (non-hydrogen) atoms. The topological polar surface area (TPSA) is 98.3 Å². The molecule has 3 aromatic rings. The molecular formula is C22H22N4O3. The minimum atomic E-state index is -0.570. The Morgan fingerprint density at radius 1 is 1.14 bits per heavy atom. The summed E-state index contributed by atoms with van der Waals surface area (Å²) in [6.45, 7) is 1.67. The lowest BCUT2D eigenvalue weighted by atomic mass is 10.1. The smallest absolute Gasteiger partial charge is 0.267 e. The van der Waals surface area contributed by atoms with Gasteiger partial charge in [0.25, 0.3) is 11.8 Å². The number of hydrogen-bond acceptors (Lipinski definition) is 4. The molecule has 1 aliphatic rings. The van der Waals surface area contributed by atoms with Crippen LogP contribution < -0.4 is 5.48 Å². The molecule has 7 heteroatoms. The van der Waals surface area contributed by atoms with Crippen molar-refractivity contribution in [3.05, 3.63) is 71.1 Å². The molecule has 1 saturated heterocycles. The number of carbonyl (C=O) groups excluding carboxylic acids is 2. The molecule has 0 aliphatic carbocycles. The largest absolute Gasteiger partial charge is 0.342 e. The maximum Gasteiger partial charge on any atom is 0.267 e. The van der Waals surface area contributed by atoms with Crippen molar-refractivity contribution in [1.29, 1.82) is 0 Å². The van der Waals surface area contributed by atoms with Crippen molar-refractivity contribution in [3.8, 4) is 0 Å². The van der Waals surface area contributed by atoms with E-state index in [0.29, 0.717) is 12.0 Å². The summed E-state index contributed by atoms with van der Waals surface area (Å²) in [7, 11) is 0. The predicted octanol–water partition coefficient (Wildman–Crippen LogP) is 2.91. The van der Waals surface area contributed by atoms with Gasteiger partial charge in [0.2, 0.25) is 0 Å². The summed E-state index contributed by atoms with van der Waals surface area (Å²) in [5.41, 5.74) is 5.87. The van der Waals surface area contributed by atoms with Gasteiger partial charge in [-0.1, -0.05) is 24.3 Å². The van der Waals surface area contributed by atoms with Crippen LogP contribution >= 0.6 is 0 Å². The summed E-state index contributed by atoms with van der Waals surface area (Å²) >= 11 is 0. The van der Waals surface area contributed by atoms with E-state index in [2.05, 4.69) is 9.97 Å². The average molecular weight is 390 g/mol. The van der Waals surface area contributed by atoms with E-state index in [-0.39, 0.29) is 5.91 Å². The maximum atomic E-state index is 12.6. The van der Waals surface area contributed by atoms with Gasteiger partial charge < -0.3 is 9.88 Å². The van der Waals surface area contributed by atoms with E-state index in [1.54, 1.807) is 11.6 Å². The van der Waals surface area contributed by atoms with Crippen molar-refractivity contribution in [2.75, 3.05) is 13.1 Å². The van der Waals surface area contributed by atoms with Gasteiger partial charge >= 0.3 is 0 Å². The Labute approximate surface area is 168 Å². The Hall–Kier alpha value is -3.45. The summed E-state index contributed by atoms with van der Waals surface area (Å²) < 4.78 is 0. The zero-order valence-corrected chi connectivity index (χ0v) is 15.9. The molecule has 0 bridgehead atoms. The molecule has 2 aromatic carbocycles. The third kappa shape index (κ3) is 4.35. The minimum absolute atomic E-state index is 0.0825. The number of hydrogen-bond donors (Lipinski definition) is 3. The van der Waals surface area contributed by atoms with Crippen LogP contribution in [0.2, 0.25) is 0 Å². The second kappa shape index (κ2) is 8.28. The number of H-pyrrole nitrogens is 1. The van der Waals surface area contributed by atoms with Gasteiger partial charge in [0.1, 0.15) is 5.82 Å². The fourth-order valence-electron chi connectivity index (χ4n) is 3.53. The quantitative estimate of drug-likeness (QED) is 0.354. The Balaban J connectivity index is 1.47. The van der Waals surface area contributed by atoms with E-state index in [4.69, 9.17) is 5.21 Å². The molecule has 148 valence electrons. The zero-order chi connectivity index (χ0) is 20.2. The second-order valence-corrected chi connectivity index (χ2v) is 7.14. The van der Waals surface area contributed by atoms with E-state index >= 15 is 0 Å². The normalized spacial score (nSPS) is 14.0. The minimum Gasteiger partial charge on any atom is -0.342 e. The highest BCUT2D eigenvalue weighted by Crippen LogP contribution is 2.19. The van der Waals surface area contributed by atoms with Crippen LogP contribution in [-0.4, -0.2) is 45.0 Å². The van der Waals surface area contributed by atoms with Crippen LogP contribution in [0.5, 0.6) is 0 Å². The molecule has 2 amide bonds. The number of fused-ring (bicyclic) bond motifs is 1. The highest BCUT2D eigenvalue weighted by atomic mass is 16.5. The Bertz CT molecular complexity index is 1060. The summed E-state index contributed by atoms with van der Waals surface area (Å²) in [6, 6.07) is 13.3. The van der Waals surface area contributed by atoms with Crippen molar-refractivity contribution in [1.82, 2.24) is 20.3 Å². The summed E-state index contributed by atoms with van der Waals surface area (Å²) in [5, 5.41) is 8.50. The lowest BCUT2D eigenvalue weighted by Crippen LogP contribution is -2.27. The molecule has 0 saturated carbocycles. The fourth-order valence-corrected chi connectivity index (χ4v) is 3.53. The Kier molecular flexibility index (Phi) is 5.39. The van der Waals surface area contributed by atoms with Gasteiger partial charge in [0.05, 0.1) is 11.0 Å². The number of nitrogens with zero attached hydrogens (tertiary/aromatic N) is 2. The van der Waals surface area contributed by atoms with Gasteiger partial charge in [0, 0.05) is 31.1 Å². The molecule has 1 aliphatic heterocycles. The molecule has 0 unspecified atom stereocenters. The SMILES string of the molecule is O=C(/C=C/c1ccc(Cc2nc3ccc(C(=O)N4CCCC4)cc3[nH]2)cc1)NO. The van der Waals surface area contributed by atoms with E-state index in [1.807, 2.05) is 47.4 Å². The van der Waals surface area contributed by atoms with Crippen molar-refractivity contribution >= 4 is 28.9 Å². The van der Waals surface area contributed by atoms with Gasteiger partial charge in [-0.2, -0.15) is 0 Å². The Morgan fingerprint density at radius 3 is 2.62 bits per heavy atom. The van der Waals surface area contributed by atoms with Gasteiger partial charge in [-0.05, 0) is 48.2 Å². The predicted molar refractivity (Wildman–Crippen MR) is 109 cm³/mol. The Morgan fingerprint density at radius 2 is 1.90 bits per heavy atom.